The first-order valence-corrected chi connectivity index (χ1v) is 8.76. The summed E-state index contributed by atoms with van der Waals surface area (Å²) in [7, 11) is -3.50. The number of hydrogen-bond donors (Lipinski definition) is 1. The van der Waals surface area contributed by atoms with Crippen LogP contribution in [0.2, 0.25) is 0 Å². The Kier molecular flexibility index (Phi) is 4.77. The molecule has 0 spiro atoms. The normalized spacial score (nSPS) is 24.7. The summed E-state index contributed by atoms with van der Waals surface area (Å²) >= 11 is 0. The van der Waals surface area contributed by atoms with Crippen LogP contribution in [0, 0.1) is 0 Å². The van der Waals surface area contributed by atoms with E-state index in [2.05, 4.69) is 0 Å². The summed E-state index contributed by atoms with van der Waals surface area (Å²) in [4.78, 5) is 0.318. The second kappa shape index (κ2) is 6.08. The molecule has 1 fully saturated rings. The summed E-state index contributed by atoms with van der Waals surface area (Å²) < 4.78 is 34.6. The molecule has 2 rings (SSSR count). The van der Waals surface area contributed by atoms with Gasteiger partial charge in [-0.3, -0.25) is 0 Å². The van der Waals surface area contributed by atoms with Crippen LogP contribution in [0.15, 0.2) is 17.2 Å². The highest BCUT2D eigenvalue weighted by molar-refractivity contribution is 7.89. The highest BCUT2D eigenvalue weighted by Crippen LogP contribution is 2.24. The maximum Gasteiger partial charge on any atom is 0.244 e. The van der Waals surface area contributed by atoms with Crippen LogP contribution < -0.4 is 5.73 Å². The lowest BCUT2D eigenvalue weighted by molar-refractivity contribution is -0.0440. The van der Waals surface area contributed by atoms with Crippen molar-refractivity contribution in [3.8, 4) is 0 Å². The van der Waals surface area contributed by atoms with Gasteiger partial charge in [-0.15, -0.1) is 0 Å². The van der Waals surface area contributed by atoms with Crippen molar-refractivity contribution < 1.29 is 13.2 Å². The second-order valence-electron chi connectivity index (χ2n) is 5.95. The molecule has 0 bridgehead atoms. The Labute approximate surface area is 126 Å². The summed E-state index contributed by atoms with van der Waals surface area (Å²) in [5.74, 6) is 0. The average Bonchev–Trinajstić information content (AvgIpc) is 2.82. The molecule has 1 aliphatic rings. The largest absolute Gasteiger partial charge is 0.373 e. The predicted octanol–water partition coefficient (Wildman–Crippen LogP) is 1.33. The van der Waals surface area contributed by atoms with E-state index in [1.807, 2.05) is 32.3 Å². The molecule has 0 saturated carbocycles. The monoisotopic (exact) mass is 315 g/mol. The van der Waals surface area contributed by atoms with Gasteiger partial charge in [0.15, 0.2) is 0 Å². The van der Waals surface area contributed by atoms with Crippen LogP contribution in [0.4, 0.5) is 0 Å². The van der Waals surface area contributed by atoms with Gasteiger partial charge in [0, 0.05) is 37.6 Å². The lowest BCUT2D eigenvalue weighted by Crippen LogP contribution is -2.48. The van der Waals surface area contributed by atoms with Crippen molar-refractivity contribution in [2.24, 2.45) is 5.73 Å². The van der Waals surface area contributed by atoms with E-state index in [0.717, 1.165) is 5.69 Å². The smallest absolute Gasteiger partial charge is 0.244 e. The Bertz CT molecular complexity index is 585. The number of ether oxygens (including phenoxy) is 1. The Morgan fingerprint density at radius 1 is 1.33 bits per heavy atom. The van der Waals surface area contributed by atoms with Crippen LogP contribution in [-0.4, -0.2) is 42.6 Å². The third-order valence-corrected chi connectivity index (χ3v) is 5.49. The van der Waals surface area contributed by atoms with E-state index < -0.39 is 10.0 Å². The lowest BCUT2D eigenvalue weighted by Gasteiger charge is -2.34. The average molecular weight is 315 g/mol. The lowest BCUT2D eigenvalue weighted by atomic mass is 10.3. The fraction of sp³-hybridized carbons (Fsp3) is 0.714. The van der Waals surface area contributed by atoms with E-state index >= 15 is 0 Å². The maximum atomic E-state index is 12.8. The first kappa shape index (κ1) is 16.5. The first-order chi connectivity index (χ1) is 9.75. The highest BCUT2D eigenvalue weighted by atomic mass is 32.2. The molecule has 1 aliphatic heterocycles. The summed E-state index contributed by atoms with van der Waals surface area (Å²) in [6.07, 6.45) is 1.50. The molecule has 1 saturated heterocycles. The molecule has 2 atom stereocenters. The van der Waals surface area contributed by atoms with E-state index in [1.54, 1.807) is 12.3 Å². The molecule has 2 N–H and O–H groups in total. The molecule has 7 heteroatoms. The number of nitrogens with two attached hydrogens (primary N) is 1. The summed E-state index contributed by atoms with van der Waals surface area (Å²) in [6, 6.07) is 1.86. The van der Waals surface area contributed by atoms with Crippen molar-refractivity contribution >= 4 is 10.0 Å². The Balaban J connectivity index is 2.35. The highest BCUT2D eigenvalue weighted by Gasteiger charge is 2.33. The summed E-state index contributed by atoms with van der Waals surface area (Å²) in [6.45, 7) is 8.90. The van der Waals surface area contributed by atoms with Crippen molar-refractivity contribution in [2.75, 3.05) is 13.1 Å². The van der Waals surface area contributed by atoms with Gasteiger partial charge in [-0.2, -0.15) is 4.31 Å². The van der Waals surface area contributed by atoms with Gasteiger partial charge in [0.2, 0.25) is 10.0 Å². The van der Waals surface area contributed by atoms with Gasteiger partial charge in [-0.1, -0.05) is 0 Å². The van der Waals surface area contributed by atoms with Gasteiger partial charge in [-0.25, -0.2) is 8.42 Å². The van der Waals surface area contributed by atoms with Crippen LogP contribution in [0.25, 0.3) is 0 Å². The molecular formula is C14H25N3O3S. The van der Waals surface area contributed by atoms with Gasteiger partial charge >= 0.3 is 0 Å². The van der Waals surface area contributed by atoms with Gasteiger partial charge in [-0.05, 0) is 33.8 Å². The molecular weight excluding hydrogens is 290 g/mol. The third kappa shape index (κ3) is 3.31. The number of hydrogen-bond acceptors (Lipinski definition) is 4. The Morgan fingerprint density at radius 2 is 1.90 bits per heavy atom. The van der Waals surface area contributed by atoms with Crippen molar-refractivity contribution in [2.45, 2.75) is 57.4 Å². The van der Waals surface area contributed by atoms with Gasteiger partial charge in [0.1, 0.15) is 4.90 Å². The number of morpholine rings is 1. The standard InChI is InChI=1S/C14H25N3O3S/c1-10(2)17-9-14(5-13(17)6-15)21(18,19)16-7-11(3)20-12(4)8-16/h5,9-12H,6-8,15H2,1-4H3/t11-,12+. The second-order valence-corrected chi connectivity index (χ2v) is 7.89. The zero-order chi connectivity index (χ0) is 15.8. The quantitative estimate of drug-likeness (QED) is 0.909. The Hall–Kier alpha value is -0.890. The van der Waals surface area contributed by atoms with E-state index in [9.17, 15) is 8.42 Å². The number of sulfonamides is 1. The van der Waals surface area contributed by atoms with E-state index in [0.29, 0.717) is 24.5 Å². The number of rotatable bonds is 4. The molecule has 21 heavy (non-hydrogen) atoms. The molecule has 6 nitrogen and oxygen atoms in total. The zero-order valence-corrected chi connectivity index (χ0v) is 13.9. The molecule has 1 aromatic rings. The molecule has 0 unspecified atom stereocenters. The first-order valence-electron chi connectivity index (χ1n) is 7.32. The van der Waals surface area contributed by atoms with Crippen molar-refractivity contribution in [1.29, 1.82) is 0 Å². The minimum absolute atomic E-state index is 0.0929. The predicted molar refractivity (Wildman–Crippen MR) is 81.5 cm³/mol. The van der Waals surface area contributed by atoms with Crippen LogP contribution in [-0.2, 0) is 21.3 Å². The zero-order valence-electron chi connectivity index (χ0n) is 13.1. The summed E-state index contributed by atoms with van der Waals surface area (Å²) in [5, 5.41) is 0. The fourth-order valence-electron chi connectivity index (χ4n) is 2.76. The number of aromatic nitrogens is 1. The van der Waals surface area contributed by atoms with Gasteiger partial charge in [0.25, 0.3) is 0 Å². The van der Waals surface area contributed by atoms with Crippen molar-refractivity contribution in [1.82, 2.24) is 8.87 Å². The number of nitrogens with zero attached hydrogens (tertiary/aromatic N) is 2. The van der Waals surface area contributed by atoms with Crippen LogP contribution >= 0.6 is 0 Å². The fourth-order valence-corrected chi connectivity index (χ4v) is 4.40. The van der Waals surface area contributed by atoms with Gasteiger partial charge < -0.3 is 15.0 Å². The molecule has 0 aliphatic carbocycles. The molecule has 120 valence electrons. The van der Waals surface area contributed by atoms with Crippen molar-refractivity contribution in [3.63, 3.8) is 0 Å². The maximum absolute atomic E-state index is 12.8. The molecule has 0 aromatic carbocycles. The summed E-state index contributed by atoms with van der Waals surface area (Å²) in [5.41, 5.74) is 6.55. The molecule has 2 heterocycles. The van der Waals surface area contributed by atoms with Gasteiger partial charge in [0.05, 0.1) is 12.2 Å². The topological polar surface area (TPSA) is 77.6 Å². The van der Waals surface area contributed by atoms with Crippen molar-refractivity contribution in [3.05, 3.63) is 18.0 Å². The van der Waals surface area contributed by atoms with Crippen LogP contribution in [0.5, 0.6) is 0 Å². The third-order valence-electron chi connectivity index (χ3n) is 3.70. The van der Waals surface area contributed by atoms with Crippen LogP contribution in [0.3, 0.4) is 0 Å². The molecule has 0 amide bonds. The minimum atomic E-state index is -3.50. The Morgan fingerprint density at radius 3 is 2.33 bits per heavy atom. The SMILES string of the molecule is CC(C)n1cc(S(=O)(=O)N2C[C@@H](C)O[C@@H](C)C2)cc1CN. The van der Waals surface area contributed by atoms with Crippen LogP contribution in [0.1, 0.15) is 39.4 Å². The van der Waals surface area contributed by atoms with E-state index in [1.165, 1.54) is 4.31 Å². The molecule has 0 radical (unpaired) electrons. The minimum Gasteiger partial charge on any atom is -0.373 e. The van der Waals surface area contributed by atoms with E-state index in [4.69, 9.17) is 10.5 Å². The molecule has 1 aromatic heterocycles. The van der Waals surface area contributed by atoms with E-state index in [-0.39, 0.29) is 18.2 Å².